The van der Waals surface area contributed by atoms with Gasteiger partial charge in [-0.3, -0.25) is 29.4 Å². The number of carbonyl (C=O) groups excluding carboxylic acids is 3. The van der Waals surface area contributed by atoms with Crippen LogP contribution in [0.4, 0.5) is 16.2 Å². The predicted molar refractivity (Wildman–Crippen MR) is 119 cm³/mol. The molecule has 1 heterocycles. The number of amides is 3. The van der Waals surface area contributed by atoms with E-state index in [0.29, 0.717) is 26.9 Å². The Bertz CT molecular complexity index is 1120. The van der Waals surface area contributed by atoms with Gasteiger partial charge in [0, 0.05) is 32.9 Å². The number of hydrogen-bond acceptors (Lipinski definition) is 6. The summed E-state index contributed by atoms with van der Waals surface area (Å²) in [6, 6.07) is 8.51. The zero-order chi connectivity index (χ0) is 22.0. The van der Waals surface area contributed by atoms with Gasteiger partial charge in [-0.1, -0.05) is 23.2 Å². The summed E-state index contributed by atoms with van der Waals surface area (Å²) in [7, 11) is 0. The second-order valence-corrected chi connectivity index (χ2v) is 8.57. The Labute approximate surface area is 192 Å². The van der Waals surface area contributed by atoms with E-state index in [0.717, 1.165) is 4.90 Å². The third-order valence-electron chi connectivity index (χ3n) is 3.86. The fraction of sp³-hybridized carbons (Fsp3) is 0.0556. The van der Waals surface area contributed by atoms with E-state index in [2.05, 4.69) is 21.2 Å². The molecule has 0 spiro atoms. The lowest BCUT2D eigenvalue weighted by molar-refractivity contribution is -0.384. The van der Waals surface area contributed by atoms with Crippen LogP contribution in [0.15, 0.2) is 45.8 Å². The highest BCUT2D eigenvalue weighted by molar-refractivity contribution is 9.10. The molecule has 0 aliphatic carbocycles. The van der Waals surface area contributed by atoms with Gasteiger partial charge in [0.25, 0.3) is 16.8 Å². The van der Waals surface area contributed by atoms with Crippen LogP contribution in [0.5, 0.6) is 0 Å². The number of hydrogen-bond donors (Lipinski definition) is 1. The predicted octanol–water partition coefficient (Wildman–Crippen LogP) is 5.34. The minimum Gasteiger partial charge on any atom is -0.324 e. The highest BCUT2D eigenvalue weighted by Crippen LogP contribution is 2.34. The molecule has 1 N–H and O–H groups in total. The number of nitrogens with one attached hydrogen (secondary N) is 1. The van der Waals surface area contributed by atoms with E-state index in [4.69, 9.17) is 23.2 Å². The smallest absolute Gasteiger partial charge is 0.294 e. The average molecular weight is 531 g/mol. The Hall–Kier alpha value is -2.40. The van der Waals surface area contributed by atoms with Crippen molar-refractivity contribution in [3.05, 3.63) is 71.5 Å². The number of halogens is 3. The van der Waals surface area contributed by atoms with Gasteiger partial charge in [-0.05, 0) is 58.0 Å². The fourth-order valence-electron chi connectivity index (χ4n) is 2.45. The first kappa shape index (κ1) is 22.3. The second kappa shape index (κ2) is 9.17. The van der Waals surface area contributed by atoms with Gasteiger partial charge in [0.1, 0.15) is 6.54 Å². The second-order valence-electron chi connectivity index (χ2n) is 5.91. The number of nitro groups is 1. The fourth-order valence-corrected chi connectivity index (χ4v) is 3.88. The Balaban J connectivity index is 1.75. The molecular formula is C18H10BrCl2N3O5S. The lowest BCUT2D eigenvalue weighted by Crippen LogP contribution is -2.36. The molecular weight excluding hydrogens is 521 g/mol. The molecule has 0 saturated carbocycles. The van der Waals surface area contributed by atoms with Crippen molar-refractivity contribution in [1.29, 1.82) is 0 Å². The minimum atomic E-state index is -0.698. The zero-order valence-corrected chi connectivity index (χ0v) is 18.6. The summed E-state index contributed by atoms with van der Waals surface area (Å²) in [5, 5.41) is 13.4. The molecule has 1 aliphatic heterocycles. The summed E-state index contributed by atoms with van der Waals surface area (Å²) < 4.78 is 0.651. The van der Waals surface area contributed by atoms with Gasteiger partial charge in [0.05, 0.1) is 14.9 Å². The molecule has 1 aliphatic rings. The van der Waals surface area contributed by atoms with Crippen molar-refractivity contribution in [2.24, 2.45) is 0 Å². The largest absolute Gasteiger partial charge is 0.324 e. The van der Waals surface area contributed by atoms with Crippen LogP contribution in [-0.4, -0.2) is 33.4 Å². The molecule has 12 heteroatoms. The number of benzene rings is 2. The van der Waals surface area contributed by atoms with Crippen molar-refractivity contribution in [2.45, 2.75) is 0 Å². The molecule has 0 radical (unpaired) electrons. The highest BCUT2D eigenvalue weighted by Gasteiger charge is 2.36. The average Bonchev–Trinajstić information content (AvgIpc) is 2.93. The van der Waals surface area contributed by atoms with Crippen LogP contribution in [0.25, 0.3) is 6.08 Å². The molecule has 3 rings (SSSR count). The van der Waals surface area contributed by atoms with Gasteiger partial charge >= 0.3 is 0 Å². The summed E-state index contributed by atoms with van der Waals surface area (Å²) in [4.78, 5) is 48.1. The van der Waals surface area contributed by atoms with Gasteiger partial charge < -0.3 is 5.32 Å². The molecule has 0 aromatic heterocycles. The summed E-state index contributed by atoms with van der Waals surface area (Å²) >= 11 is 15.9. The van der Waals surface area contributed by atoms with Crippen molar-refractivity contribution < 1.29 is 19.3 Å². The first-order chi connectivity index (χ1) is 14.2. The van der Waals surface area contributed by atoms with Crippen molar-refractivity contribution in [3.63, 3.8) is 0 Å². The Morgan fingerprint density at radius 1 is 1.20 bits per heavy atom. The van der Waals surface area contributed by atoms with Crippen LogP contribution in [0.3, 0.4) is 0 Å². The summed E-state index contributed by atoms with van der Waals surface area (Å²) in [5.74, 6) is -1.29. The monoisotopic (exact) mass is 529 g/mol. The quantitative estimate of drug-likeness (QED) is 0.317. The number of non-ortho nitro benzene ring substituents is 1. The first-order valence-electron chi connectivity index (χ1n) is 8.10. The van der Waals surface area contributed by atoms with Crippen LogP contribution in [0.2, 0.25) is 10.0 Å². The topological polar surface area (TPSA) is 110 Å². The van der Waals surface area contributed by atoms with Gasteiger partial charge in [-0.2, -0.15) is 0 Å². The number of nitrogens with zero attached hydrogens (tertiary/aromatic N) is 2. The maximum Gasteiger partial charge on any atom is 0.294 e. The molecule has 1 saturated heterocycles. The lowest BCUT2D eigenvalue weighted by Gasteiger charge is -2.12. The molecule has 3 amide bonds. The summed E-state index contributed by atoms with van der Waals surface area (Å²) in [5.41, 5.74) is 0.404. The van der Waals surface area contributed by atoms with Gasteiger partial charge in [-0.25, -0.2) is 0 Å². The third kappa shape index (κ3) is 5.01. The van der Waals surface area contributed by atoms with E-state index in [9.17, 15) is 24.5 Å². The molecule has 2 aromatic carbocycles. The van der Waals surface area contributed by atoms with E-state index in [1.54, 1.807) is 12.1 Å². The molecule has 1 fully saturated rings. The van der Waals surface area contributed by atoms with Gasteiger partial charge in [0.15, 0.2) is 0 Å². The molecule has 0 atom stereocenters. The number of anilines is 1. The maximum absolute atomic E-state index is 12.6. The van der Waals surface area contributed by atoms with Crippen LogP contribution < -0.4 is 5.32 Å². The first-order valence-corrected chi connectivity index (χ1v) is 10.5. The number of carbonyl (C=O) groups is 3. The van der Waals surface area contributed by atoms with Crippen LogP contribution in [0.1, 0.15) is 5.56 Å². The molecule has 8 nitrogen and oxygen atoms in total. The molecule has 154 valence electrons. The van der Waals surface area contributed by atoms with E-state index >= 15 is 0 Å². The van der Waals surface area contributed by atoms with Crippen molar-refractivity contribution in [1.82, 2.24) is 4.90 Å². The molecule has 30 heavy (non-hydrogen) atoms. The maximum atomic E-state index is 12.6. The summed E-state index contributed by atoms with van der Waals surface area (Å²) in [6.45, 7) is -0.502. The van der Waals surface area contributed by atoms with Gasteiger partial charge in [0.2, 0.25) is 5.91 Å². The number of thioether (sulfide) groups is 1. The van der Waals surface area contributed by atoms with Gasteiger partial charge in [-0.15, -0.1) is 0 Å². The zero-order valence-electron chi connectivity index (χ0n) is 14.7. The normalized spacial score (nSPS) is 15.0. The highest BCUT2D eigenvalue weighted by atomic mass is 79.9. The third-order valence-corrected chi connectivity index (χ3v) is 6.34. The Morgan fingerprint density at radius 3 is 2.60 bits per heavy atom. The van der Waals surface area contributed by atoms with E-state index in [1.165, 1.54) is 30.3 Å². The number of nitro benzene ring substituents is 1. The molecule has 0 bridgehead atoms. The molecule has 2 aromatic rings. The van der Waals surface area contributed by atoms with E-state index in [-0.39, 0.29) is 21.2 Å². The van der Waals surface area contributed by atoms with Crippen LogP contribution in [-0.2, 0) is 9.59 Å². The Morgan fingerprint density at radius 2 is 1.93 bits per heavy atom. The van der Waals surface area contributed by atoms with Crippen molar-refractivity contribution >= 4 is 85.4 Å². The lowest BCUT2D eigenvalue weighted by atomic mass is 10.2. The number of imide groups is 1. The van der Waals surface area contributed by atoms with Crippen molar-refractivity contribution in [2.75, 3.05) is 11.9 Å². The van der Waals surface area contributed by atoms with Crippen molar-refractivity contribution in [3.8, 4) is 0 Å². The Kier molecular flexibility index (Phi) is 6.81. The standard InChI is InChI=1S/C18H10BrCl2N3O5S/c19-12-3-1-10(7-14(12)21)22-16(25)8-23-17(26)15(30-18(23)27)6-9-5-11(24(28)29)2-4-13(9)20/h1-7H,8H2,(H,22,25)/b15-6-. The van der Waals surface area contributed by atoms with Crippen LogP contribution >= 0.6 is 50.9 Å². The van der Waals surface area contributed by atoms with Crippen LogP contribution in [0, 0.1) is 10.1 Å². The van der Waals surface area contributed by atoms with E-state index in [1.807, 2.05) is 0 Å². The summed E-state index contributed by atoms with van der Waals surface area (Å²) in [6.07, 6.45) is 1.28. The minimum absolute atomic E-state index is 0.00174. The SMILES string of the molecule is O=C(CN1C(=O)S/C(=C\c2cc([N+](=O)[O-])ccc2Cl)C1=O)Nc1ccc(Br)c(Cl)c1. The van der Waals surface area contributed by atoms with E-state index < -0.39 is 28.5 Å². The number of rotatable bonds is 5. The molecule has 0 unspecified atom stereocenters.